The van der Waals surface area contributed by atoms with Gasteiger partial charge in [-0.25, -0.2) is 0 Å². The van der Waals surface area contributed by atoms with E-state index in [4.69, 9.17) is 23.2 Å². The topological polar surface area (TPSA) is 32.3 Å². The predicted molar refractivity (Wildman–Crippen MR) is 76.6 cm³/mol. The average Bonchev–Trinajstić information content (AvgIpc) is 2.35. The van der Waals surface area contributed by atoms with Crippen LogP contribution in [0.5, 0.6) is 5.75 Å². The highest BCUT2D eigenvalue weighted by Crippen LogP contribution is 2.33. The quantitative estimate of drug-likeness (QED) is 0.841. The van der Waals surface area contributed by atoms with Gasteiger partial charge in [-0.1, -0.05) is 47.5 Å². The number of halogens is 2. The van der Waals surface area contributed by atoms with Crippen molar-refractivity contribution in [2.75, 3.05) is 5.32 Å². The maximum Gasteiger partial charge on any atom is 0.120 e. The lowest BCUT2D eigenvalue weighted by Gasteiger charge is -2.18. The Labute approximate surface area is 116 Å². The van der Waals surface area contributed by atoms with Gasteiger partial charge in [0.05, 0.1) is 21.8 Å². The predicted octanol–water partition coefficient (Wildman–Crippen LogP) is 4.87. The fourth-order valence-electron chi connectivity index (χ4n) is 1.78. The molecule has 0 radical (unpaired) electrons. The fraction of sp³-hybridized carbons (Fsp3) is 0.143. The fourth-order valence-corrected chi connectivity index (χ4v) is 2.14. The van der Waals surface area contributed by atoms with Crippen LogP contribution in [-0.2, 0) is 0 Å². The largest absolute Gasteiger partial charge is 0.508 e. The van der Waals surface area contributed by atoms with Gasteiger partial charge in [-0.2, -0.15) is 0 Å². The van der Waals surface area contributed by atoms with E-state index in [2.05, 4.69) is 5.32 Å². The Morgan fingerprint density at radius 2 is 1.78 bits per heavy atom. The second-order valence-electron chi connectivity index (χ2n) is 4.03. The minimum absolute atomic E-state index is 0.0674. The van der Waals surface area contributed by atoms with E-state index < -0.39 is 0 Å². The highest BCUT2D eigenvalue weighted by atomic mass is 35.5. The molecule has 18 heavy (non-hydrogen) atoms. The van der Waals surface area contributed by atoms with Crippen LogP contribution in [0.15, 0.2) is 42.5 Å². The third-order valence-corrected chi connectivity index (χ3v) is 3.55. The van der Waals surface area contributed by atoms with E-state index in [0.717, 1.165) is 11.3 Å². The molecule has 1 unspecified atom stereocenters. The number of aromatic hydroxyl groups is 1. The number of hydrogen-bond donors (Lipinski definition) is 2. The summed E-state index contributed by atoms with van der Waals surface area (Å²) in [5.74, 6) is 0.260. The number of phenols is 1. The summed E-state index contributed by atoms with van der Waals surface area (Å²) in [5, 5.41) is 14.0. The minimum atomic E-state index is -0.0674. The van der Waals surface area contributed by atoms with Gasteiger partial charge < -0.3 is 10.4 Å². The molecule has 2 aromatic carbocycles. The molecular formula is C14H13Cl2NO. The zero-order valence-corrected chi connectivity index (χ0v) is 11.3. The molecular weight excluding hydrogens is 269 g/mol. The van der Waals surface area contributed by atoms with Crippen LogP contribution in [0.3, 0.4) is 0 Å². The van der Waals surface area contributed by atoms with Gasteiger partial charge in [0, 0.05) is 5.56 Å². The molecule has 0 saturated carbocycles. The Kier molecular flexibility index (Phi) is 4.00. The summed E-state index contributed by atoms with van der Waals surface area (Å²) in [5.41, 5.74) is 1.56. The van der Waals surface area contributed by atoms with Gasteiger partial charge in [0.2, 0.25) is 0 Å². The zero-order valence-electron chi connectivity index (χ0n) is 9.82. The van der Waals surface area contributed by atoms with Gasteiger partial charge in [0.25, 0.3) is 0 Å². The third kappa shape index (κ3) is 2.71. The molecule has 2 N–H and O–H groups in total. The summed E-state index contributed by atoms with van der Waals surface area (Å²) in [7, 11) is 0. The van der Waals surface area contributed by atoms with E-state index in [0.29, 0.717) is 10.0 Å². The van der Waals surface area contributed by atoms with Crippen LogP contribution in [0.2, 0.25) is 10.0 Å². The molecule has 0 saturated heterocycles. The average molecular weight is 282 g/mol. The summed E-state index contributed by atoms with van der Waals surface area (Å²) >= 11 is 12.1. The smallest absolute Gasteiger partial charge is 0.120 e. The van der Waals surface area contributed by atoms with Gasteiger partial charge in [-0.15, -0.1) is 0 Å². The van der Waals surface area contributed by atoms with E-state index in [-0.39, 0.29) is 11.8 Å². The molecule has 0 spiro atoms. The second-order valence-corrected chi connectivity index (χ2v) is 4.81. The summed E-state index contributed by atoms with van der Waals surface area (Å²) in [4.78, 5) is 0. The van der Waals surface area contributed by atoms with Crippen molar-refractivity contribution >= 4 is 28.9 Å². The first-order chi connectivity index (χ1) is 8.59. The number of para-hydroxylation sites is 1. The molecule has 2 rings (SSSR count). The van der Waals surface area contributed by atoms with Crippen LogP contribution < -0.4 is 5.32 Å². The lowest BCUT2D eigenvalue weighted by atomic mass is 10.1. The van der Waals surface area contributed by atoms with Crippen molar-refractivity contribution in [1.82, 2.24) is 0 Å². The van der Waals surface area contributed by atoms with Crippen molar-refractivity contribution in [1.29, 1.82) is 0 Å². The molecule has 0 heterocycles. The molecule has 2 nitrogen and oxygen atoms in total. The van der Waals surface area contributed by atoms with Gasteiger partial charge in [-0.3, -0.25) is 0 Å². The summed E-state index contributed by atoms with van der Waals surface area (Å²) in [6.45, 7) is 1.95. The summed E-state index contributed by atoms with van der Waals surface area (Å²) < 4.78 is 0. The van der Waals surface area contributed by atoms with Crippen LogP contribution in [0, 0.1) is 0 Å². The monoisotopic (exact) mass is 281 g/mol. The summed E-state index contributed by atoms with van der Waals surface area (Å²) in [6, 6.07) is 12.5. The Bertz CT molecular complexity index is 557. The van der Waals surface area contributed by atoms with E-state index in [9.17, 15) is 5.11 Å². The molecule has 0 amide bonds. The van der Waals surface area contributed by atoms with Crippen molar-refractivity contribution in [3.8, 4) is 5.75 Å². The number of benzene rings is 2. The number of rotatable bonds is 3. The van der Waals surface area contributed by atoms with Gasteiger partial charge in [0.15, 0.2) is 0 Å². The van der Waals surface area contributed by atoms with E-state index >= 15 is 0 Å². The van der Waals surface area contributed by atoms with E-state index in [1.807, 2.05) is 31.2 Å². The first-order valence-corrected chi connectivity index (χ1v) is 6.33. The van der Waals surface area contributed by atoms with Crippen LogP contribution in [0.1, 0.15) is 18.5 Å². The maximum absolute atomic E-state index is 9.78. The molecule has 0 fully saturated rings. The van der Waals surface area contributed by atoms with Crippen molar-refractivity contribution in [3.63, 3.8) is 0 Å². The van der Waals surface area contributed by atoms with E-state index in [1.165, 1.54) is 0 Å². The first kappa shape index (κ1) is 13.1. The van der Waals surface area contributed by atoms with Crippen molar-refractivity contribution in [2.24, 2.45) is 0 Å². The lowest BCUT2D eigenvalue weighted by Crippen LogP contribution is -2.07. The number of nitrogens with one attached hydrogen (secondary N) is 1. The molecule has 1 atom stereocenters. The van der Waals surface area contributed by atoms with Gasteiger partial charge in [-0.05, 0) is 25.1 Å². The van der Waals surface area contributed by atoms with E-state index in [1.54, 1.807) is 18.2 Å². The zero-order chi connectivity index (χ0) is 13.1. The molecule has 0 aliphatic rings. The number of hydrogen-bond acceptors (Lipinski definition) is 2. The molecule has 0 aromatic heterocycles. The molecule has 0 aliphatic carbocycles. The minimum Gasteiger partial charge on any atom is -0.508 e. The normalized spacial score (nSPS) is 12.2. The Morgan fingerprint density at radius 3 is 2.50 bits per heavy atom. The van der Waals surface area contributed by atoms with Crippen molar-refractivity contribution in [3.05, 3.63) is 58.1 Å². The van der Waals surface area contributed by atoms with Crippen LogP contribution >= 0.6 is 23.2 Å². The van der Waals surface area contributed by atoms with Gasteiger partial charge >= 0.3 is 0 Å². The molecule has 4 heteroatoms. The Morgan fingerprint density at radius 1 is 1.06 bits per heavy atom. The number of anilines is 1. The second kappa shape index (κ2) is 5.51. The Hall–Kier alpha value is -1.38. The Balaban J connectivity index is 2.24. The molecule has 0 bridgehead atoms. The summed E-state index contributed by atoms with van der Waals surface area (Å²) in [6.07, 6.45) is 0. The third-order valence-electron chi connectivity index (χ3n) is 2.73. The maximum atomic E-state index is 9.78. The molecule has 0 aliphatic heterocycles. The first-order valence-electron chi connectivity index (χ1n) is 5.58. The lowest BCUT2D eigenvalue weighted by molar-refractivity contribution is 0.465. The highest BCUT2D eigenvalue weighted by molar-refractivity contribution is 6.43. The molecule has 94 valence electrons. The van der Waals surface area contributed by atoms with Gasteiger partial charge in [0.1, 0.15) is 5.75 Å². The van der Waals surface area contributed by atoms with Crippen LogP contribution in [0.25, 0.3) is 0 Å². The molecule has 2 aromatic rings. The standard InChI is InChI=1S/C14H13Cl2NO/c1-9(10-5-2-3-8-13(10)18)17-12-7-4-6-11(15)14(12)16/h2-9,17-18H,1H3. The van der Waals surface area contributed by atoms with Crippen LogP contribution in [-0.4, -0.2) is 5.11 Å². The van der Waals surface area contributed by atoms with Crippen LogP contribution in [0.4, 0.5) is 5.69 Å². The number of phenolic OH excluding ortho intramolecular Hbond substituents is 1. The SMILES string of the molecule is CC(Nc1cccc(Cl)c1Cl)c1ccccc1O. The van der Waals surface area contributed by atoms with Crippen molar-refractivity contribution < 1.29 is 5.11 Å². The highest BCUT2D eigenvalue weighted by Gasteiger charge is 2.12. The van der Waals surface area contributed by atoms with Crippen molar-refractivity contribution in [2.45, 2.75) is 13.0 Å².